The molecule has 0 fully saturated rings. The number of hydrogen-bond donors (Lipinski definition) is 2. The fourth-order valence-electron chi connectivity index (χ4n) is 2.10. The number of nitrogens with one attached hydrogen (secondary N) is 1. The molecule has 114 valence electrons. The van der Waals surface area contributed by atoms with Gasteiger partial charge in [0.25, 0.3) is 0 Å². The third-order valence-corrected chi connectivity index (χ3v) is 3.74. The Hall–Kier alpha value is -1.93. The maximum absolute atomic E-state index is 13.6. The van der Waals surface area contributed by atoms with Crippen LogP contribution in [0.15, 0.2) is 42.5 Å². The van der Waals surface area contributed by atoms with Gasteiger partial charge in [-0.25, -0.2) is 4.39 Å². The van der Waals surface area contributed by atoms with Crippen LogP contribution in [0.4, 0.5) is 4.39 Å². The smallest absolute Gasteiger partial charge is 0.141 e. The molecular formula is C17H16ClFN2O. The van der Waals surface area contributed by atoms with Gasteiger partial charge in [0.1, 0.15) is 11.9 Å². The molecule has 2 atom stereocenters. The summed E-state index contributed by atoms with van der Waals surface area (Å²) in [4.78, 5) is 0. The molecule has 0 saturated heterocycles. The van der Waals surface area contributed by atoms with E-state index in [1.165, 1.54) is 12.1 Å². The van der Waals surface area contributed by atoms with Crippen molar-refractivity contribution in [2.24, 2.45) is 0 Å². The van der Waals surface area contributed by atoms with Crippen LogP contribution in [0.1, 0.15) is 35.8 Å². The predicted octanol–water partition coefficient (Wildman–Crippen LogP) is 3.73. The normalized spacial score (nSPS) is 13.4. The first-order valence-corrected chi connectivity index (χ1v) is 7.25. The molecule has 3 nitrogen and oxygen atoms in total. The lowest BCUT2D eigenvalue weighted by Crippen LogP contribution is -2.24. The first-order chi connectivity index (χ1) is 10.5. The summed E-state index contributed by atoms with van der Waals surface area (Å²) >= 11 is 5.81. The van der Waals surface area contributed by atoms with E-state index < -0.39 is 11.9 Å². The van der Waals surface area contributed by atoms with Crippen LogP contribution in [0.3, 0.4) is 0 Å². The molecule has 22 heavy (non-hydrogen) atoms. The number of aliphatic hydroxyl groups is 1. The number of halogens is 2. The molecule has 0 spiro atoms. The van der Waals surface area contributed by atoms with E-state index in [0.29, 0.717) is 11.6 Å². The Morgan fingerprint density at radius 1 is 1.23 bits per heavy atom. The average Bonchev–Trinajstić information content (AvgIpc) is 2.52. The van der Waals surface area contributed by atoms with Gasteiger partial charge in [0.2, 0.25) is 0 Å². The van der Waals surface area contributed by atoms with Crippen molar-refractivity contribution in [1.29, 1.82) is 5.26 Å². The standard InChI is InChI=1S/C17H16ClFN2O/c1-11(13-2-3-14(9-20)16(19)8-13)21-10-17(22)12-4-6-15(18)7-5-12/h2-8,11,17,21-22H,10H2,1H3. The van der Waals surface area contributed by atoms with Crippen molar-refractivity contribution in [2.45, 2.75) is 19.1 Å². The van der Waals surface area contributed by atoms with E-state index in [1.807, 2.05) is 6.92 Å². The molecule has 5 heteroatoms. The maximum Gasteiger partial charge on any atom is 0.141 e. The summed E-state index contributed by atoms with van der Waals surface area (Å²) in [5, 5.41) is 22.6. The van der Waals surface area contributed by atoms with Gasteiger partial charge in [-0.3, -0.25) is 0 Å². The predicted molar refractivity (Wildman–Crippen MR) is 83.9 cm³/mol. The SMILES string of the molecule is CC(NCC(O)c1ccc(Cl)cc1)c1ccc(C#N)c(F)c1. The Morgan fingerprint density at radius 2 is 1.86 bits per heavy atom. The number of aliphatic hydroxyl groups excluding tert-OH is 1. The largest absolute Gasteiger partial charge is 0.387 e. The minimum absolute atomic E-state index is 0.0251. The summed E-state index contributed by atoms with van der Waals surface area (Å²) in [5.74, 6) is -0.535. The third-order valence-electron chi connectivity index (χ3n) is 3.49. The van der Waals surface area contributed by atoms with Crippen LogP contribution in [0.25, 0.3) is 0 Å². The highest BCUT2D eigenvalue weighted by molar-refractivity contribution is 6.30. The van der Waals surface area contributed by atoms with Gasteiger partial charge in [-0.15, -0.1) is 0 Å². The van der Waals surface area contributed by atoms with Crippen LogP contribution in [0.2, 0.25) is 5.02 Å². The van der Waals surface area contributed by atoms with E-state index >= 15 is 0 Å². The van der Waals surface area contributed by atoms with Gasteiger partial charge in [0.15, 0.2) is 0 Å². The van der Waals surface area contributed by atoms with Crippen molar-refractivity contribution in [3.63, 3.8) is 0 Å². The second-order valence-corrected chi connectivity index (χ2v) is 5.48. The zero-order valence-corrected chi connectivity index (χ0v) is 12.8. The van der Waals surface area contributed by atoms with Crippen molar-refractivity contribution in [3.05, 3.63) is 70.0 Å². The Kier molecular flexibility index (Phi) is 5.51. The summed E-state index contributed by atoms with van der Waals surface area (Å²) < 4.78 is 13.6. The Morgan fingerprint density at radius 3 is 2.45 bits per heavy atom. The van der Waals surface area contributed by atoms with Gasteiger partial charge in [0, 0.05) is 17.6 Å². The van der Waals surface area contributed by atoms with Gasteiger partial charge < -0.3 is 10.4 Å². The van der Waals surface area contributed by atoms with E-state index in [2.05, 4.69) is 5.32 Å². The zero-order chi connectivity index (χ0) is 16.1. The second kappa shape index (κ2) is 7.37. The summed E-state index contributed by atoms with van der Waals surface area (Å²) in [5.41, 5.74) is 1.51. The highest BCUT2D eigenvalue weighted by Crippen LogP contribution is 2.19. The molecule has 2 aromatic rings. The van der Waals surface area contributed by atoms with Gasteiger partial charge in [-0.1, -0.05) is 29.8 Å². The number of hydrogen-bond acceptors (Lipinski definition) is 3. The topological polar surface area (TPSA) is 56.0 Å². The van der Waals surface area contributed by atoms with Crippen molar-refractivity contribution in [2.75, 3.05) is 6.54 Å². The quantitative estimate of drug-likeness (QED) is 0.883. The van der Waals surface area contributed by atoms with Gasteiger partial charge in [0.05, 0.1) is 11.7 Å². The van der Waals surface area contributed by atoms with Crippen molar-refractivity contribution < 1.29 is 9.50 Å². The van der Waals surface area contributed by atoms with Crippen LogP contribution >= 0.6 is 11.6 Å². The number of nitrogens with zero attached hydrogens (tertiary/aromatic N) is 1. The molecule has 0 aromatic heterocycles. The number of benzene rings is 2. The van der Waals surface area contributed by atoms with Gasteiger partial charge in [-0.2, -0.15) is 5.26 Å². The fraction of sp³-hybridized carbons (Fsp3) is 0.235. The van der Waals surface area contributed by atoms with Crippen molar-refractivity contribution in [1.82, 2.24) is 5.32 Å². The van der Waals surface area contributed by atoms with E-state index in [1.54, 1.807) is 36.4 Å². The highest BCUT2D eigenvalue weighted by atomic mass is 35.5. The molecule has 0 aliphatic heterocycles. The molecule has 0 bridgehead atoms. The number of nitriles is 1. The minimum Gasteiger partial charge on any atom is -0.387 e. The molecule has 2 unspecified atom stereocenters. The summed E-state index contributed by atoms with van der Waals surface area (Å²) in [6.07, 6.45) is -0.678. The lowest BCUT2D eigenvalue weighted by molar-refractivity contribution is 0.171. The molecule has 0 radical (unpaired) electrons. The van der Waals surface area contributed by atoms with E-state index in [0.717, 1.165) is 11.1 Å². The monoisotopic (exact) mass is 318 g/mol. The highest BCUT2D eigenvalue weighted by Gasteiger charge is 2.12. The first-order valence-electron chi connectivity index (χ1n) is 6.87. The average molecular weight is 319 g/mol. The second-order valence-electron chi connectivity index (χ2n) is 5.05. The lowest BCUT2D eigenvalue weighted by Gasteiger charge is -2.18. The molecule has 0 saturated carbocycles. The van der Waals surface area contributed by atoms with E-state index in [9.17, 15) is 9.50 Å². The minimum atomic E-state index is -0.678. The van der Waals surface area contributed by atoms with Crippen LogP contribution < -0.4 is 5.32 Å². The van der Waals surface area contributed by atoms with E-state index in [4.69, 9.17) is 16.9 Å². The molecule has 2 N–H and O–H groups in total. The van der Waals surface area contributed by atoms with Gasteiger partial charge in [-0.05, 0) is 42.3 Å². The van der Waals surface area contributed by atoms with Crippen LogP contribution in [-0.4, -0.2) is 11.7 Å². The molecule has 0 aliphatic carbocycles. The van der Waals surface area contributed by atoms with Crippen molar-refractivity contribution >= 4 is 11.6 Å². The molecule has 2 aromatic carbocycles. The molecule has 0 aliphatic rings. The lowest BCUT2D eigenvalue weighted by atomic mass is 10.0. The summed E-state index contributed by atoms with van der Waals surface area (Å²) in [6, 6.07) is 13.1. The van der Waals surface area contributed by atoms with Crippen LogP contribution in [0, 0.1) is 17.1 Å². The first kappa shape index (κ1) is 16.4. The van der Waals surface area contributed by atoms with Crippen LogP contribution in [-0.2, 0) is 0 Å². The maximum atomic E-state index is 13.6. The van der Waals surface area contributed by atoms with E-state index in [-0.39, 0.29) is 11.6 Å². The third kappa shape index (κ3) is 4.05. The zero-order valence-electron chi connectivity index (χ0n) is 12.1. The molecule has 2 rings (SSSR count). The Labute approximate surface area is 134 Å². The van der Waals surface area contributed by atoms with Crippen LogP contribution in [0.5, 0.6) is 0 Å². The Balaban J connectivity index is 1.97. The molecule has 0 amide bonds. The molecular weight excluding hydrogens is 303 g/mol. The summed E-state index contributed by atoms with van der Waals surface area (Å²) in [7, 11) is 0. The Bertz CT molecular complexity index is 682. The van der Waals surface area contributed by atoms with Gasteiger partial charge >= 0.3 is 0 Å². The number of rotatable bonds is 5. The molecule has 0 heterocycles. The summed E-state index contributed by atoms with van der Waals surface area (Å²) in [6.45, 7) is 2.19. The van der Waals surface area contributed by atoms with Crippen molar-refractivity contribution in [3.8, 4) is 6.07 Å². The fourth-order valence-corrected chi connectivity index (χ4v) is 2.23.